The Bertz CT molecular complexity index is 550. The summed E-state index contributed by atoms with van der Waals surface area (Å²) in [6.45, 7) is 2.15. The van der Waals surface area contributed by atoms with Crippen molar-refractivity contribution in [3.05, 3.63) is 30.2 Å². The van der Waals surface area contributed by atoms with Gasteiger partial charge < -0.3 is 10.1 Å². The first-order chi connectivity index (χ1) is 8.88. The van der Waals surface area contributed by atoms with Crippen LogP contribution in [0.1, 0.15) is 24.5 Å². The molecule has 94 valence electrons. The van der Waals surface area contributed by atoms with E-state index in [-0.39, 0.29) is 0 Å². The van der Waals surface area contributed by atoms with Gasteiger partial charge in [0.1, 0.15) is 12.1 Å². The summed E-state index contributed by atoms with van der Waals surface area (Å²) in [4.78, 5) is 8.84. The zero-order valence-corrected chi connectivity index (χ0v) is 10.5. The van der Waals surface area contributed by atoms with Gasteiger partial charge in [0.05, 0.1) is 18.3 Å². The summed E-state index contributed by atoms with van der Waals surface area (Å²) >= 11 is 0. The van der Waals surface area contributed by atoms with Crippen molar-refractivity contribution in [3.8, 4) is 5.75 Å². The van der Waals surface area contributed by atoms with Crippen LogP contribution in [-0.2, 0) is 0 Å². The molecule has 1 aromatic carbocycles. The topological polar surface area (TPSA) is 47.0 Å². The SMILES string of the molecule is COc1ccc2c(C3CCNCC3)ncnc2c1. The van der Waals surface area contributed by atoms with Crippen LogP contribution in [0.5, 0.6) is 5.75 Å². The van der Waals surface area contributed by atoms with Crippen molar-refractivity contribution in [3.63, 3.8) is 0 Å². The van der Waals surface area contributed by atoms with Gasteiger partial charge in [-0.15, -0.1) is 0 Å². The highest BCUT2D eigenvalue weighted by Crippen LogP contribution is 2.30. The number of nitrogens with zero attached hydrogens (tertiary/aromatic N) is 2. The van der Waals surface area contributed by atoms with E-state index in [0.29, 0.717) is 5.92 Å². The summed E-state index contributed by atoms with van der Waals surface area (Å²) in [6, 6.07) is 6.03. The lowest BCUT2D eigenvalue weighted by Crippen LogP contribution is -2.27. The normalized spacial score (nSPS) is 16.9. The summed E-state index contributed by atoms with van der Waals surface area (Å²) in [7, 11) is 1.68. The summed E-state index contributed by atoms with van der Waals surface area (Å²) in [5.74, 6) is 1.39. The van der Waals surface area contributed by atoms with E-state index in [4.69, 9.17) is 4.74 Å². The van der Waals surface area contributed by atoms with E-state index in [1.165, 1.54) is 5.69 Å². The van der Waals surface area contributed by atoms with Gasteiger partial charge in [-0.25, -0.2) is 9.97 Å². The third kappa shape index (κ3) is 2.04. The molecule has 0 radical (unpaired) electrons. The van der Waals surface area contributed by atoms with Gasteiger partial charge in [0.2, 0.25) is 0 Å². The number of ether oxygens (including phenoxy) is 1. The average molecular weight is 243 g/mol. The molecule has 18 heavy (non-hydrogen) atoms. The van der Waals surface area contributed by atoms with Gasteiger partial charge >= 0.3 is 0 Å². The van der Waals surface area contributed by atoms with E-state index in [1.807, 2.05) is 12.1 Å². The molecular weight excluding hydrogens is 226 g/mol. The molecule has 0 spiro atoms. The second-order valence-corrected chi connectivity index (χ2v) is 4.67. The zero-order chi connectivity index (χ0) is 12.4. The van der Waals surface area contributed by atoms with E-state index in [0.717, 1.165) is 42.6 Å². The highest BCUT2D eigenvalue weighted by atomic mass is 16.5. The lowest BCUT2D eigenvalue weighted by atomic mass is 9.92. The summed E-state index contributed by atoms with van der Waals surface area (Å²) < 4.78 is 5.24. The van der Waals surface area contributed by atoms with Gasteiger partial charge in [-0.05, 0) is 38.1 Å². The van der Waals surface area contributed by atoms with Crippen LogP contribution in [0.15, 0.2) is 24.5 Å². The second-order valence-electron chi connectivity index (χ2n) is 4.67. The minimum Gasteiger partial charge on any atom is -0.497 e. The number of rotatable bonds is 2. The Morgan fingerprint density at radius 2 is 2.06 bits per heavy atom. The molecule has 0 saturated carbocycles. The molecule has 1 N–H and O–H groups in total. The van der Waals surface area contributed by atoms with Crippen molar-refractivity contribution in [2.24, 2.45) is 0 Å². The smallest absolute Gasteiger partial charge is 0.121 e. The number of fused-ring (bicyclic) bond motifs is 1. The van der Waals surface area contributed by atoms with Crippen LogP contribution in [0.4, 0.5) is 0 Å². The highest BCUT2D eigenvalue weighted by Gasteiger charge is 2.19. The molecule has 4 heteroatoms. The molecule has 0 bridgehead atoms. The first-order valence-corrected chi connectivity index (χ1v) is 6.38. The molecule has 2 aromatic rings. The molecule has 1 fully saturated rings. The maximum Gasteiger partial charge on any atom is 0.121 e. The number of benzene rings is 1. The predicted molar refractivity (Wildman–Crippen MR) is 70.9 cm³/mol. The van der Waals surface area contributed by atoms with Gasteiger partial charge in [-0.3, -0.25) is 0 Å². The Balaban J connectivity index is 2.05. The maximum atomic E-state index is 5.24. The number of nitrogens with one attached hydrogen (secondary N) is 1. The van der Waals surface area contributed by atoms with E-state index in [9.17, 15) is 0 Å². The lowest BCUT2D eigenvalue weighted by molar-refractivity contribution is 0.415. The zero-order valence-electron chi connectivity index (χ0n) is 10.5. The molecule has 2 heterocycles. The molecule has 0 aliphatic carbocycles. The molecule has 0 unspecified atom stereocenters. The number of hydrogen-bond donors (Lipinski definition) is 1. The van der Waals surface area contributed by atoms with Crippen molar-refractivity contribution >= 4 is 10.9 Å². The molecule has 1 saturated heterocycles. The highest BCUT2D eigenvalue weighted by molar-refractivity contribution is 5.82. The largest absolute Gasteiger partial charge is 0.497 e. The molecule has 0 atom stereocenters. The fraction of sp³-hybridized carbons (Fsp3) is 0.429. The van der Waals surface area contributed by atoms with Crippen LogP contribution in [0.25, 0.3) is 10.9 Å². The number of methoxy groups -OCH3 is 1. The van der Waals surface area contributed by atoms with Crippen molar-refractivity contribution in [2.45, 2.75) is 18.8 Å². The third-order valence-electron chi connectivity index (χ3n) is 3.60. The monoisotopic (exact) mass is 243 g/mol. The predicted octanol–water partition coefficient (Wildman–Crippen LogP) is 2.11. The number of piperidine rings is 1. The molecular formula is C14H17N3O. The van der Waals surface area contributed by atoms with E-state index >= 15 is 0 Å². The minimum absolute atomic E-state index is 0.546. The first-order valence-electron chi connectivity index (χ1n) is 6.38. The Morgan fingerprint density at radius 1 is 1.22 bits per heavy atom. The van der Waals surface area contributed by atoms with Gasteiger partial charge in [0.15, 0.2) is 0 Å². The van der Waals surface area contributed by atoms with Crippen molar-refractivity contribution in [1.82, 2.24) is 15.3 Å². The van der Waals surface area contributed by atoms with Gasteiger partial charge in [0, 0.05) is 17.4 Å². The van der Waals surface area contributed by atoms with Crippen LogP contribution in [0.3, 0.4) is 0 Å². The Morgan fingerprint density at radius 3 is 2.83 bits per heavy atom. The van der Waals surface area contributed by atoms with Crippen molar-refractivity contribution in [1.29, 1.82) is 0 Å². The molecule has 3 rings (SSSR count). The maximum absolute atomic E-state index is 5.24. The molecule has 1 aromatic heterocycles. The molecule has 4 nitrogen and oxygen atoms in total. The van der Waals surface area contributed by atoms with Crippen molar-refractivity contribution < 1.29 is 4.74 Å². The summed E-state index contributed by atoms with van der Waals surface area (Å²) in [5.41, 5.74) is 2.15. The van der Waals surface area contributed by atoms with Crippen LogP contribution >= 0.6 is 0 Å². The quantitative estimate of drug-likeness (QED) is 0.877. The molecule has 1 aliphatic heterocycles. The van der Waals surface area contributed by atoms with Gasteiger partial charge in [-0.1, -0.05) is 0 Å². The van der Waals surface area contributed by atoms with Crippen LogP contribution in [0, 0.1) is 0 Å². The summed E-state index contributed by atoms with van der Waals surface area (Å²) in [5, 5.41) is 4.54. The van der Waals surface area contributed by atoms with Gasteiger partial charge in [-0.2, -0.15) is 0 Å². The average Bonchev–Trinajstić information content (AvgIpc) is 2.47. The Labute approximate surface area is 106 Å². The van der Waals surface area contributed by atoms with Crippen LogP contribution < -0.4 is 10.1 Å². The Hall–Kier alpha value is -1.68. The van der Waals surface area contributed by atoms with Crippen LogP contribution in [0.2, 0.25) is 0 Å². The summed E-state index contributed by atoms with van der Waals surface area (Å²) in [6.07, 6.45) is 3.97. The lowest BCUT2D eigenvalue weighted by Gasteiger charge is -2.23. The first kappa shape index (κ1) is 11.4. The van der Waals surface area contributed by atoms with Gasteiger partial charge in [0.25, 0.3) is 0 Å². The number of aromatic nitrogens is 2. The fourth-order valence-corrected chi connectivity index (χ4v) is 2.61. The Kier molecular flexibility index (Phi) is 3.11. The van der Waals surface area contributed by atoms with E-state index < -0.39 is 0 Å². The number of hydrogen-bond acceptors (Lipinski definition) is 4. The second kappa shape index (κ2) is 4.90. The van der Waals surface area contributed by atoms with E-state index in [2.05, 4.69) is 21.4 Å². The molecule has 1 aliphatic rings. The van der Waals surface area contributed by atoms with Crippen LogP contribution in [-0.4, -0.2) is 30.2 Å². The fourth-order valence-electron chi connectivity index (χ4n) is 2.61. The third-order valence-corrected chi connectivity index (χ3v) is 3.60. The minimum atomic E-state index is 0.546. The standard InChI is InChI=1S/C14H17N3O/c1-18-11-2-3-12-13(8-11)16-9-17-14(12)10-4-6-15-7-5-10/h2-3,8-10,15H,4-7H2,1H3. The van der Waals surface area contributed by atoms with E-state index in [1.54, 1.807) is 13.4 Å². The van der Waals surface area contributed by atoms with Crippen molar-refractivity contribution in [2.75, 3.05) is 20.2 Å². The molecule has 0 amide bonds.